The highest BCUT2D eigenvalue weighted by Gasteiger charge is 2.12. The average Bonchev–Trinajstić information content (AvgIpc) is 2.95. The van der Waals surface area contributed by atoms with Gasteiger partial charge in [0.25, 0.3) is 0 Å². The van der Waals surface area contributed by atoms with Crippen LogP contribution in [0.4, 0.5) is 0 Å². The molecule has 3 rings (SSSR count). The van der Waals surface area contributed by atoms with Crippen molar-refractivity contribution in [3.8, 4) is 23.0 Å². The van der Waals surface area contributed by atoms with E-state index in [2.05, 4.69) is 20.2 Å². The number of nitrogens with zero attached hydrogens (tertiary/aromatic N) is 5. The predicted octanol–water partition coefficient (Wildman–Crippen LogP) is 3.00. The number of hydrogen-bond acceptors (Lipinski definition) is 5. The Bertz CT molecular complexity index is 831. The second-order valence-electron chi connectivity index (χ2n) is 4.85. The average molecular weight is 316 g/mol. The van der Waals surface area contributed by atoms with Gasteiger partial charge in [-0.2, -0.15) is 0 Å². The van der Waals surface area contributed by atoms with Crippen molar-refractivity contribution >= 4 is 11.6 Å². The molecular formula is C15H14ClN5O. The molecule has 0 fully saturated rings. The van der Waals surface area contributed by atoms with E-state index in [4.69, 9.17) is 16.3 Å². The lowest BCUT2D eigenvalue weighted by molar-refractivity contribution is 0.396. The van der Waals surface area contributed by atoms with E-state index in [-0.39, 0.29) is 0 Å². The number of halogens is 1. The maximum Gasteiger partial charge on any atom is 0.238 e. The monoisotopic (exact) mass is 315 g/mol. The molecule has 0 bridgehead atoms. The van der Waals surface area contributed by atoms with Crippen molar-refractivity contribution in [2.45, 2.75) is 13.8 Å². The van der Waals surface area contributed by atoms with Crippen molar-refractivity contribution in [1.29, 1.82) is 0 Å². The van der Waals surface area contributed by atoms with Gasteiger partial charge < -0.3 is 9.30 Å². The number of pyridine rings is 1. The van der Waals surface area contributed by atoms with Crippen LogP contribution < -0.4 is 4.74 Å². The Labute approximate surface area is 132 Å². The van der Waals surface area contributed by atoms with E-state index >= 15 is 0 Å². The molecule has 0 aliphatic carbocycles. The molecule has 0 aromatic carbocycles. The van der Waals surface area contributed by atoms with Crippen molar-refractivity contribution < 1.29 is 4.74 Å². The number of aryl methyl sites for hydroxylation is 2. The molecule has 3 aromatic heterocycles. The van der Waals surface area contributed by atoms with E-state index < -0.39 is 0 Å². The largest absolute Gasteiger partial charge is 0.479 e. The topological polar surface area (TPSA) is 65.7 Å². The van der Waals surface area contributed by atoms with E-state index in [1.807, 2.05) is 42.8 Å². The van der Waals surface area contributed by atoms with Crippen LogP contribution in [0.1, 0.15) is 11.3 Å². The van der Waals surface area contributed by atoms with Gasteiger partial charge in [-0.05, 0) is 37.6 Å². The molecule has 0 saturated carbocycles. The fraction of sp³-hybridized carbons (Fsp3) is 0.200. The summed E-state index contributed by atoms with van der Waals surface area (Å²) in [5, 5.41) is 8.38. The van der Waals surface area contributed by atoms with Gasteiger partial charge in [0.1, 0.15) is 11.4 Å². The summed E-state index contributed by atoms with van der Waals surface area (Å²) in [6, 6.07) is 5.62. The quantitative estimate of drug-likeness (QED) is 0.743. The molecule has 0 unspecified atom stereocenters. The molecule has 0 aliphatic rings. The maximum atomic E-state index is 5.91. The van der Waals surface area contributed by atoms with Crippen molar-refractivity contribution in [2.24, 2.45) is 0 Å². The number of aromatic nitrogens is 5. The molecule has 0 atom stereocenters. The number of ether oxygens (including phenoxy) is 1. The molecule has 0 amide bonds. The zero-order chi connectivity index (χ0) is 15.7. The summed E-state index contributed by atoms with van der Waals surface area (Å²) in [6.07, 6.45) is 3.63. The van der Waals surface area contributed by atoms with Gasteiger partial charge >= 0.3 is 0 Å². The second-order valence-corrected chi connectivity index (χ2v) is 5.21. The Morgan fingerprint density at radius 1 is 1.14 bits per heavy atom. The number of hydrogen-bond donors (Lipinski definition) is 0. The highest BCUT2D eigenvalue weighted by atomic mass is 35.5. The van der Waals surface area contributed by atoms with Crippen LogP contribution in [0.3, 0.4) is 0 Å². The molecular weight excluding hydrogens is 302 g/mol. The van der Waals surface area contributed by atoms with Crippen LogP contribution in [0, 0.1) is 13.8 Å². The van der Waals surface area contributed by atoms with Gasteiger partial charge in [-0.25, -0.2) is 9.97 Å². The van der Waals surface area contributed by atoms with Crippen LogP contribution in [-0.2, 0) is 0 Å². The van der Waals surface area contributed by atoms with E-state index in [9.17, 15) is 0 Å². The highest BCUT2D eigenvalue weighted by molar-refractivity contribution is 6.30. The lowest BCUT2D eigenvalue weighted by Gasteiger charge is -2.10. The third kappa shape index (κ3) is 2.65. The summed E-state index contributed by atoms with van der Waals surface area (Å²) in [4.78, 5) is 8.71. The molecule has 112 valence electrons. The molecule has 7 heteroatoms. The summed E-state index contributed by atoms with van der Waals surface area (Å²) in [6.45, 7) is 3.80. The van der Waals surface area contributed by atoms with Crippen LogP contribution in [0.25, 0.3) is 17.1 Å². The van der Waals surface area contributed by atoms with Crippen LogP contribution in [0.2, 0.25) is 5.15 Å². The van der Waals surface area contributed by atoms with E-state index in [1.54, 1.807) is 13.4 Å². The molecule has 3 aromatic rings. The van der Waals surface area contributed by atoms with Gasteiger partial charge in [0.05, 0.1) is 24.8 Å². The van der Waals surface area contributed by atoms with Gasteiger partial charge in [0.15, 0.2) is 5.15 Å². The summed E-state index contributed by atoms with van der Waals surface area (Å²) in [7, 11) is 1.58. The number of imidazole rings is 1. The van der Waals surface area contributed by atoms with Crippen LogP contribution in [0.5, 0.6) is 5.88 Å². The fourth-order valence-corrected chi connectivity index (χ4v) is 2.16. The first-order valence-corrected chi connectivity index (χ1v) is 7.02. The first-order chi connectivity index (χ1) is 10.6. The van der Waals surface area contributed by atoms with Gasteiger partial charge in [-0.1, -0.05) is 11.6 Å². The lowest BCUT2D eigenvalue weighted by atomic mass is 10.2. The molecule has 22 heavy (non-hydrogen) atoms. The molecule has 0 aliphatic heterocycles. The molecule has 6 nitrogen and oxygen atoms in total. The first-order valence-electron chi connectivity index (χ1n) is 6.64. The smallest absolute Gasteiger partial charge is 0.238 e. The summed E-state index contributed by atoms with van der Waals surface area (Å²) in [5.41, 5.74) is 3.90. The van der Waals surface area contributed by atoms with Crippen LogP contribution >= 0.6 is 11.6 Å². The van der Waals surface area contributed by atoms with Gasteiger partial charge in [0, 0.05) is 6.20 Å². The van der Waals surface area contributed by atoms with Crippen LogP contribution in [-0.4, -0.2) is 31.8 Å². The lowest BCUT2D eigenvalue weighted by Crippen LogP contribution is -2.00. The standard InChI is InChI=1S/C15H14ClN5O/c1-9-6-12(19-20-14(9)16)11-4-5-13(15(18-11)22-3)21-7-10(2)17-8-21/h4-8H,1-3H3. The third-order valence-corrected chi connectivity index (χ3v) is 3.58. The minimum absolute atomic E-state index is 0.390. The summed E-state index contributed by atoms with van der Waals surface area (Å²) in [5.74, 6) is 0.490. The van der Waals surface area contributed by atoms with E-state index in [0.29, 0.717) is 22.4 Å². The zero-order valence-corrected chi connectivity index (χ0v) is 13.2. The highest BCUT2D eigenvalue weighted by Crippen LogP contribution is 2.26. The molecule has 0 radical (unpaired) electrons. The van der Waals surface area contributed by atoms with Crippen molar-refractivity contribution in [2.75, 3.05) is 7.11 Å². The second kappa shape index (κ2) is 5.73. The van der Waals surface area contributed by atoms with Crippen molar-refractivity contribution in [3.05, 3.63) is 47.1 Å². The Hall–Kier alpha value is -2.47. The number of rotatable bonds is 3. The number of methoxy groups -OCH3 is 1. The SMILES string of the molecule is COc1nc(-c2cc(C)c(Cl)nn2)ccc1-n1cnc(C)c1. The molecule has 0 saturated heterocycles. The van der Waals surface area contributed by atoms with Gasteiger partial charge in [-0.15, -0.1) is 10.2 Å². The van der Waals surface area contributed by atoms with E-state index in [1.165, 1.54) is 0 Å². The van der Waals surface area contributed by atoms with Gasteiger partial charge in [0.2, 0.25) is 5.88 Å². The molecule has 0 spiro atoms. The zero-order valence-electron chi connectivity index (χ0n) is 12.4. The summed E-state index contributed by atoms with van der Waals surface area (Å²) >= 11 is 5.91. The van der Waals surface area contributed by atoms with Crippen LogP contribution in [0.15, 0.2) is 30.7 Å². The Balaban J connectivity index is 2.06. The minimum Gasteiger partial charge on any atom is -0.479 e. The van der Waals surface area contributed by atoms with Crippen molar-refractivity contribution in [3.63, 3.8) is 0 Å². The van der Waals surface area contributed by atoms with E-state index in [0.717, 1.165) is 16.9 Å². The minimum atomic E-state index is 0.390. The third-order valence-electron chi connectivity index (χ3n) is 3.21. The maximum absolute atomic E-state index is 5.91. The fourth-order valence-electron chi connectivity index (χ4n) is 2.07. The Morgan fingerprint density at radius 3 is 2.59 bits per heavy atom. The van der Waals surface area contributed by atoms with Crippen molar-refractivity contribution in [1.82, 2.24) is 24.7 Å². The Morgan fingerprint density at radius 2 is 1.95 bits per heavy atom. The summed E-state index contributed by atoms with van der Waals surface area (Å²) < 4.78 is 7.26. The predicted molar refractivity (Wildman–Crippen MR) is 83.4 cm³/mol. The first kappa shape index (κ1) is 14.5. The normalized spacial score (nSPS) is 10.7. The molecule has 0 N–H and O–H groups in total. The Kier molecular flexibility index (Phi) is 3.77. The van der Waals surface area contributed by atoms with Gasteiger partial charge in [-0.3, -0.25) is 0 Å². The molecule has 3 heterocycles.